The van der Waals surface area contributed by atoms with Crippen LogP contribution in [0.4, 0.5) is 0 Å². The molecule has 4 atom stereocenters. The lowest BCUT2D eigenvalue weighted by atomic mass is 10.0. The largest absolute Gasteiger partial charge is 0.508 e. The smallest absolute Gasteiger partial charge is 0.328 e. The van der Waals surface area contributed by atoms with Gasteiger partial charge in [0.25, 0.3) is 0 Å². The van der Waals surface area contributed by atoms with Gasteiger partial charge in [-0.15, -0.1) is 0 Å². The molecule has 4 amide bonds. The summed E-state index contributed by atoms with van der Waals surface area (Å²) in [7, 11) is 0. The van der Waals surface area contributed by atoms with E-state index in [1.165, 1.54) is 24.3 Å². The van der Waals surface area contributed by atoms with E-state index >= 15 is 0 Å². The van der Waals surface area contributed by atoms with Crippen molar-refractivity contribution in [3.8, 4) is 5.75 Å². The number of rotatable bonds is 13. The summed E-state index contributed by atoms with van der Waals surface area (Å²) in [5.41, 5.74) is 11.5. The predicted molar refractivity (Wildman–Crippen MR) is 119 cm³/mol. The third kappa shape index (κ3) is 9.03. The standard InChI is InChI=1S/C21H31N5O8/c1-10(2)17(23)20(32)25-14(8-16(22)29)19(31)24-13(7-11-3-5-12(28)6-4-11)18(30)26-15(9-27)21(33)34/h3-6,10,13-15,17,27-28H,7-9,23H2,1-2H3,(H2,22,29)(H,24,31)(H,25,32)(H,26,30)(H,33,34). The highest BCUT2D eigenvalue weighted by Gasteiger charge is 2.31. The molecule has 0 fully saturated rings. The molecule has 0 saturated carbocycles. The maximum Gasteiger partial charge on any atom is 0.328 e. The zero-order valence-electron chi connectivity index (χ0n) is 18.9. The van der Waals surface area contributed by atoms with Crippen molar-refractivity contribution in [3.05, 3.63) is 29.8 Å². The number of carboxylic acid groups (broad SMARTS) is 1. The fourth-order valence-corrected chi connectivity index (χ4v) is 2.79. The number of nitrogens with two attached hydrogens (primary N) is 2. The average Bonchev–Trinajstić information content (AvgIpc) is 2.76. The highest BCUT2D eigenvalue weighted by atomic mass is 16.4. The summed E-state index contributed by atoms with van der Waals surface area (Å²) in [5.74, 6) is -5.27. The number of carboxylic acids is 1. The summed E-state index contributed by atoms with van der Waals surface area (Å²) in [4.78, 5) is 60.6. The van der Waals surface area contributed by atoms with Gasteiger partial charge >= 0.3 is 5.97 Å². The number of benzene rings is 1. The van der Waals surface area contributed by atoms with Crippen molar-refractivity contribution in [2.75, 3.05) is 6.61 Å². The monoisotopic (exact) mass is 481 g/mol. The van der Waals surface area contributed by atoms with Gasteiger partial charge in [-0.2, -0.15) is 0 Å². The number of primary amides is 1. The molecule has 1 aromatic rings. The van der Waals surface area contributed by atoms with Gasteiger partial charge in [-0.05, 0) is 23.6 Å². The van der Waals surface area contributed by atoms with Gasteiger partial charge in [0.2, 0.25) is 23.6 Å². The van der Waals surface area contributed by atoms with E-state index in [2.05, 4.69) is 16.0 Å². The second-order valence-electron chi connectivity index (χ2n) is 8.02. The number of carbonyl (C=O) groups excluding carboxylic acids is 4. The number of aliphatic hydroxyl groups is 1. The molecular weight excluding hydrogens is 450 g/mol. The molecule has 4 unspecified atom stereocenters. The third-order valence-electron chi connectivity index (χ3n) is 4.87. The maximum atomic E-state index is 12.9. The molecule has 0 radical (unpaired) electrons. The number of nitrogens with one attached hydrogen (secondary N) is 3. The van der Waals surface area contributed by atoms with Crippen LogP contribution in [0.1, 0.15) is 25.8 Å². The van der Waals surface area contributed by atoms with Gasteiger partial charge < -0.3 is 42.7 Å². The molecule has 1 aromatic carbocycles. The van der Waals surface area contributed by atoms with Crippen LogP contribution in [0.15, 0.2) is 24.3 Å². The van der Waals surface area contributed by atoms with Crippen molar-refractivity contribution in [3.63, 3.8) is 0 Å². The lowest BCUT2D eigenvalue weighted by Gasteiger charge is -2.25. The van der Waals surface area contributed by atoms with Gasteiger partial charge in [0.05, 0.1) is 19.1 Å². The number of phenolic OH excluding ortho intramolecular Hbond substituents is 1. The topological polar surface area (TPSA) is 234 Å². The fraction of sp³-hybridized carbons (Fsp3) is 0.476. The van der Waals surface area contributed by atoms with E-state index < -0.39 is 66.8 Å². The van der Waals surface area contributed by atoms with Crippen LogP contribution in [0.5, 0.6) is 5.75 Å². The maximum absolute atomic E-state index is 12.9. The van der Waals surface area contributed by atoms with Crippen LogP contribution in [0.25, 0.3) is 0 Å². The van der Waals surface area contributed by atoms with Crippen LogP contribution in [0.2, 0.25) is 0 Å². The third-order valence-corrected chi connectivity index (χ3v) is 4.87. The summed E-state index contributed by atoms with van der Waals surface area (Å²) < 4.78 is 0. The summed E-state index contributed by atoms with van der Waals surface area (Å²) in [6.45, 7) is 2.48. The van der Waals surface area contributed by atoms with Crippen molar-refractivity contribution in [1.29, 1.82) is 0 Å². The van der Waals surface area contributed by atoms with Crippen LogP contribution in [0, 0.1) is 5.92 Å². The Morgan fingerprint density at radius 3 is 1.85 bits per heavy atom. The molecule has 188 valence electrons. The molecule has 13 heteroatoms. The molecule has 0 aromatic heterocycles. The first kappa shape index (κ1) is 28.3. The van der Waals surface area contributed by atoms with E-state index in [4.69, 9.17) is 16.6 Å². The van der Waals surface area contributed by atoms with Gasteiger partial charge in [0.1, 0.15) is 23.9 Å². The van der Waals surface area contributed by atoms with Gasteiger partial charge in [-0.1, -0.05) is 26.0 Å². The molecule has 0 aliphatic heterocycles. The number of carbonyl (C=O) groups is 5. The van der Waals surface area contributed by atoms with Crippen molar-refractivity contribution in [1.82, 2.24) is 16.0 Å². The number of phenols is 1. The van der Waals surface area contributed by atoms with Gasteiger partial charge in [-0.3, -0.25) is 19.2 Å². The lowest BCUT2D eigenvalue weighted by molar-refractivity contribution is -0.143. The van der Waals surface area contributed by atoms with Crippen molar-refractivity contribution >= 4 is 29.6 Å². The minimum absolute atomic E-state index is 0.0364. The van der Waals surface area contributed by atoms with Crippen LogP contribution in [0.3, 0.4) is 0 Å². The Morgan fingerprint density at radius 2 is 1.38 bits per heavy atom. The van der Waals surface area contributed by atoms with Crippen LogP contribution < -0.4 is 27.4 Å². The highest BCUT2D eigenvalue weighted by Crippen LogP contribution is 2.12. The Labute approximate surface area is 195 Å². The molecule has 13 nitrogen and oxygen atoms in total. The van der Waals surface area contributed by atoms with E-state index in [0.29, 0.717) is 5.56 Å². The van der Waals surface area contributed by atoms with Crippen LogP contribution in [-0.2, 0) is 30.4 Å². The Kier molecular flexibility index (Phi) is 10.9. The minimum Gasteiger partial charge on any atom is -0.508 e. The molecule has 0 spiro atoms. The first-order valence-corrected chi connectivity index (χ1v) is 10.4. The molecule has 1 rings (SSSR count). The number of hydrogen-bond acceptors (Lipinski definition) is 8. The Hall–Kier alpha value is -3.71. The molecule has 10 N–H and O–H groups in total. The number of aromatic hydroxyl groups is 1. The number of hydrogen-bond donors (Lipinski definition) is 8. The van der Waals surface area contributed by atoms with Crippen LogP contribution >= 0.6 is 0 Å². The van der Waals surface area contributed by atoms with E-state index in [0.717, 1.165) is 0 Å². The summed E-state index contributed by atoms with van der Waals surface area (Å²) >= 11 is 0. The van der Waals surface area contributed by atoms with Gasteiger partial charge in [0, 0.05) is 6.42 Å². The average molecular weight is 482 g/mol. The molecule has 0 saturated heterocycles. The summed E-state index contributed by atoms with van der Waals surface area (Å²) in [6.07, 6.45) is -0.720. The van der Waals surface area contributed by atoms with E-state index in [9.17, 15) is 34.2 Å². The number of amides is 4. The zero-order chi connectivity index (χ0) is 26.0. The second-order valence-corrected chi connectivity index (χ2v) is 8.02. The highest BCUT2D eigenvalue weighted by molar-refractivity contribution is 5.96. The predicted octanol–water partition coefficient (Wildman–Crippen LogP) is -2.68. The first-order valence-electron chi connectivity index (χ1n) is 10.4. The Balaban J connectivity index is 3.14. The molecule has 0 heterocycles. The first-order chi connectivity index (χ1) is 15.8. The summed E-state index contributed by atoms with van der Waals surface area (Å²) in [6, 6.07) is 0.248. The van der Waals surface area contributed by atoms with Crippen molar-refractivity contribution in [2.45, 2.75) is 50.9 Å². The SMILES string of the molecule is CC(C)C(N)C(=O)NC(CC(N)=O)C(=O)NC(Cc1ccc(O)cc1)C(=O)NC(CO)C(=O)O. The molecule has 0 bridgehead atoms. The second kappa shape index (κ2) is 13.1. The van der Waals surface area contributed by atoms with Crippen molar-refractivity contribution < 1.29 is 39.3 Å². The number of aliphatic carboxylic acids is 1. The van der Waals surface area contributed by atoms with Gasteiger partial charge in [0.15, 0.2) is 0 Å². The molecular formula is C21H31N5O8. The van der Waals surface area contributed by atoms with E-state index in [-0.39, 0.29) is 18.1 Å². The number of aliphatic hydroxyl groups excluding tert-OH is 1. The minimum atomic E-state index is -1.63. The zero-order valence-corrected chi connectivity index (χ0v) is 18.9. The van der Waals surface area contributed by atoms with E-state index in [1.54, 1.807) is 13.8 Å². The Bertz CT molecular complexity index is 890. The normalized spacial score (nSPS) is 14.4. The Morgan fingerprint density at radius 1 is 0.882 bits per heavy atom. The fourth-order valence-electron chi connectivity index (χ4n) is 2.79. The van der Waals surface area contributed by atoms with Crippen molar-refractivity contribution in [2.24, 2.45) is 17.4 Å². The van der Waals surface area contributed by atoms with E-state index in [1.807, 2.05) is 0 Å². The molecule has 34 heavy (non-hydrogen) atoms. The summed E-state index contributed by atoms with van der Waals surface area (Å²) in [5, 5.41) is 34.5. The van der Waals surface area contributed by atoms with Gasteiger partial charge in [-0.25, -0.2) is 4.79 Å². The molecule has 0 aliphatic carbocycles. The quantitative estimate of drug-likeness (QED) is 0.146. The van der Waals surface area contributed by atoms with Crippen LogP contribution in [-0.4, -0.2) is 75.7 Å². The lowest BCUT2D eigenvalue weighted by Crippen LogP contribution is -2.58. The molecule has 0 aliphatic rings.